The van der Waals surface area contributed by atoms with Crippen molar-refractivity contribution >= 4 is 11.7 Å². The molecule has 1 aromatic rings. The van der Waals surface area contributed by atoms with Gasteiger partial charge in [-0.3, -0.25) is 4.79 Å². The molecule has 0 bridgehead atoms. The molecule has 136 valence electrons. The van der Waals surface area contributed by atoms with Gasteiger partial charge in [0.1, 0.15) is 11.6 Å². The highest BCUT2D eigenvalue weighted by atomic mass is 16.1. The topological polar surface area (TPSA) is 61.4 Å². The van der Waals surface area contributed by atoms with E-state index in [0.717, 1.165) is 62.8 Å². The quantitative estimate of drug-likeness (QED) is 0.849. The molecule has 1 N–H and O–H groups in total. The zero-order chi connectivity index (χ0) is 17.2. The van der Waals surface area contributed by atoms with Crippen molar-refractivity contribution in [1.29, 1.82) is 0 Å². The molecule has 0 unspecified atom stereocenters. The summed E-state index contributed by atoms with van der Waals surface area (Å²) in [6.45, 7) is 4.88. The molecule has 0 spiro atoms. The van der Waals surface area contributed by atoms with Crippen LogP contribution < -0.4 is 10.2 Å². The van der Waals surface area contributed by atoms with Crippen molar-refractivity contribution in [3.05, 3.63) is 17.6 Å². The molecule has 25 heavy (non-hydrogen) atoms. The number of amides is 1. The lowest BCUT2D eigenvalue weighted by Gasteiger charge is -2.33. The Kier molecular flexibility index (Phi) is 4.88. The zero-order valence-electron chi connectivity index (χ0n) is 15.2. The number of hydrogen-bond donors (Lipinski definition) is 1. The SMILES string of the molecule is CN1CCN(c2cc(CCNC(=O)C3CCC3)nc(C3CC3)n2)CC1. The first-order valence-corrected chi connectivity index (χ1v) is 9.78. The van der Waals surface area contributed by atoms with Crippen LogP contribution in [0, 0.1) is 5.92 Å². The van der Waals surface area contributed by atoms with E-state index in [1.807, 2.05) is 0 Å². The highest BCUT2D eigenvalue weighted by Gasteiger charge is 2.28. The first kappa shape index (κ1) is 16.8. The third-order valence-corrected chi connectivity index (χ3v) is 5.71. The molecule has 3 fully saturated rings. The fourth-order valence-corrected chi connectivity index (χ4v) is 3.48. The summed E-state index contributed by atoms with van der Waals surface area (Å²) in [5.41, 5.74) is 1.07. The van der Waals surface area contributed by atoms with E-state index < -0.39 is 0 Å². The van der Waals surface area contributed by atoms with Crippen LogP contribution in [0.2, 0.25) is 0 Å². The summed E-state index contributed by atoms with van der Waals surface area (Å²) >= 11 is 0. The van der Waals surface area contributed by atoms with E-state index >= 15 is 0 Å². The number of rotatable bonds is 6. The smallest absolute Gasteiger partial charge is 0.223 e. The van der Waals surface area contributed by atoms with Gasteiger partial charge in [-0.05, 0) is 32.7 Å². The Bertz CT molecular complexity index is 618. The summed E-state index contributed by atoms with van der Waals surface area (Å²) in [6, 6.07) is 2.13. The minimum atomic E-state index is 0.224. The highest BCUT2D eigenvalue weighted by Crippen LogP contribution is 2.38. The fourth-order valence-electron chi connectivity index (χ4n) is 3.48. The molecular weight excluding hydrogens is 314 g/mol. The zero-order valence-corrected chi connectivity index (χ0v) is 15.2. The second-order valence-corrected chi connectivity index (χ2v) is 7.81. The molecule has 0 aromatic carbocycles. The molecule has 3 aliphatic rings. The molecule has 2 heterocycles. The predicted molar refractivity (Wildman–Crippen MR) is 97.8 cm³/mol. The largest absolute Gasteiger partial charge is 0.355 e. The van der Waals surface area contributed by atoms with Crippen molar-refractivity contribution < 1.29 is 4.79 Å². The first-order chi connectivity index (χ1) is 12.2. The Balaban J connectivity index is 1.40. The monoisotopic (exact) mass is 343 g/mol. The molecular formula is C19H29N5O. The molecule has 1 saturated heterocycles. The van der Waals surface area contributed by atoms with Crippen molar-refractivity contribution in [1.82, 2.24) is 20.2 Å². The molecule has 1 aromatic heterocycles. The molecule has 1 aliphatic heterocycles. The van der Waals surface area contributed by atoms with Crippen molar-refractivity contribution in [3.63, 3.8) is 0 Å². The number of nitrogens with zero attached hydrogens (tertiary/aromatic N) is 4. The summed E-state index contributed by atoms with van der Waals surface area (Å²) in [6.07, 6.45) is 6.52. The summed E-state index contributed by atoms with van der Waals surface area (Å²) in [5.74, 6) is 3.12. The molecule has 2 aliphatic carbocycles. The molecule has 6 nitrogen and oxygen atoms in total. The number of likely N-dealkylation sites (N-methyl/N-ethyl adjacent to an activating group) is 1. The van der Waals surface area contributed by atoms with Crippen LogP contribution in [-0.2, 0) is 11.2 Å². The Hall–Kier alpha value is -1.69. The Labute approximate surface area is 150 Å². The van der Waals surface area contributed by atoms with Gasteiger partial charge in [0, 0.05) is 62.7 Å². The van der Waals surface area contributed by atoms with Crippen LogP contribution in [-0.4, -0.2) is 60.5 Å². The third kappa shape index (κ3) is 4.11. The molecule has 0 atom stereocenters. The van der Waals surface area contributed by atoms with Crippen LogP contribution in [0.4, 0.5) is 5.82 Å². The van der Waals surface area contributed by atoms with Crippen molar-refractivity contribution in [2.45, 2.75) is 44.4 Å². The van der Waals surface area contributed by atoms with Crippen LogP contribution in [0.1, 0.15) is 49.5 Å². The lowest BCUT2D eigenvalue weighted by molar-refractivity contribution is -0.127. The van der Waals surface area contributed by atoms with Crippen molar-refractivity contribution in [3.8, 4) is 0 Å². The number of piperazine rings is 1. The molecule has 1 amide bonds. The van der Waals surface area contributed by atoms with Gasteiger partial charge in [-0.15, -0.1) is 0 Å². The van der Waals surface area contributed by atoms with E-state index in [0.29, 0.717) is 12.5 Å². The summed E-state index contributed by atoms with van der Waals surface area (Å²) in [5, 5.41) is 3.08. The summed E-state index contributed by atoms with van der Waals surface area (Å²) in [7, 11) is 2.17. The van der Waals surface area contributed by atoms with E-state index in [1.165, 1.54) is 19.3 Å². The maximum Gasteiger partial charge on any atom is 0.223 e. The van der Waals surface area contributed by atoms with Gasteiger partial charge in [-0.25, -0.2) is 9.97 Å². The van der Waals surface area contributed by atoms with Gasteiger partial charge in [-0.1, -0.05) is 6.42 Å². The van der Waals surface area contributed by atoms with Gasteiger partial charge in [0.25, 0.3) is 0 Å². The molecule has 0 radical (unpaired) electrons. The maximum absolute atomic E-state index is 12.0. The standard InChI is InChI=1S/C19H29N5O/c1-23-9-11-24(12-10-23)17-13-16(21-18(22-17)14-5-6-14)7-8-20-19(25)15-3-2-4-15/h13-15H,2-12H2,1H3,(H,20,25). The average Bonchev–Trinajstić information content (AvgIpc) is 3.38. The summed E-state index contributed by atoms with van der Waals surface area (Å²) in [4.78, 5) is 26.4. The van der Waals surface area contributed by atoms with Gasteiger partial charge in [0.2, 0.25) is 5.91 Å². The van der Waals surface area contributed by atoms with Gasteiger partial charge in [-0.2, -0.15) is 0 Å². The van der Waals surface area contributed by atoms with E-state index in [2.05, 4.69) is 28.2 Å². The number of carbonyl (C=O) groups excluding carboxylic acids is 1. The van der Waals surface area contributed by atoms with Crippen LogP contribution in [0.5, 0.6) is 0 Å². The third-order valence-electron chi connectivity index (χ3n) is 5.71. The van der Waals surface area contributed by atoms with Crippen LogP contribution in [0.3, 0.4) is 0 Å². The van der Waals surface area contributed by atoms with Crippen LogP contribution in [0.15, 0.2) is 6.07 Å². The first-order valence-electron chi connectivity index (χ1n) is 9.78. The van der Waals surface area contributed by atoms with E-state index in [1.54, 1.807) is 0 Å². The number of nitrogens with one attached hydrogen (secondary N) is 1. The lowest BCUT2D eigenvalue weighted by atomic mass is 9.85. The van der Waals surface area contributed by atoms with Crippen molar-refractivity contribution in [2.75, 3.05) is 44.7 Å². The molecule has 4 rings (SSSR count). The average molecular weight is 343 g/mol. The van der Waals surface area contributed by atoms with Gasteiger partial charge in [0.05, 0.1) is 0 Å². The minimum absolute atomic E-state index is 0.224. The normalized spacial score (nSPS) is 21.9. The van der Waals surface area contributed by atoms with E-state index in [9.17, 15) is 4.79 Å². The lowest BCUT2D eigenvalue weighted by Crippen LogP contribution is -2.45. The predicted octanol–water partition coefficient (Wildman–Crippen LogP) is 1.56. The van der Waals surface area contributed by atoms with Crippen LogP contribution in [0.25, 0.3) is 0 Å². The van der Waals surface area contributed by atoms with Crippen molar-refractivity contribution in [2.24, 2.45) is 5.92 Å². The highest BCUT2D eigenvalue weighted by molar-refractivity contribution is 5.79. The second-order valence-electron chi connectivity index (χ2n) is 7.81. The Morgan fingerprint density at radius 3 is 2.56 bits per heavy atom. The number of anilines is 1. The Morgan fingerprint density at radius 2 is 1.92 bits per heavy atom. The van der Waals surface area contributed by atoms with Gasteiger partial charge >= 0.3 is 0 Å². The van der Waals surface area contributed by atoms with Crippen LogP contribution >= 0.6 is 0 Å². The minimum Gasteiger partial charge on any atom is -0.355 e. The second kappa shape index (κ2) is 7.28. The number of carbonyl (C=O) groups is 1. The van der Waals surface area contributed by atoms with E-state index in [4.69, 9.17) is 9.97 Å². The summed E-state index contributed by atoms with van der Waals surface area (Å²) < 4.78 is 0. The number of aromatic nitrogens is 2. The van der Waals surface area contributed by atoms with Gasteiger partial charge in [0.15, 0.2) is 0 Å². The Morgan fingerprint density at radius 1 is 1.16 bits per heavy atom. The number of hydrogen-bond acceptors (Lipinski definition) is 5. The fraction of sp³-hybridized carbons (Fsp3) is 0.737. The van der Waals surface area contributed by atoms with E-state index in [-0.39, 0.29) is 11.8 Å². The molecule has 6 heteroatoms. The van der Waals surface area contributed by atoms with Gasteiger partial charge < -0.3 is 15.1 Å². The molecule has 2 saturated carbocycles. The maximum atomic E-state index is 12.0.